The summed E-state index contributed by atoms with van der Waals surface area (Å²) in [5.74, 6) is -0.422. The summed E-state index contributed by atoms with van der Waals surface area (Å²) in [6, 6.07) is 13.7. The highest BCUT2D eigenvalue weighted by Gasteiger charge is 2.24. The molecule has 0 radical (unpaired) electrons. The summed E-state index contributed by atoms with van der Waals surface area (Å²) in [5.41, 5.74) is 1.86. The minimum atomic E-state index is -0.298. The van der Waals surface area contributed by atoms with Crippen molar-refractivity contribution in [2.45, 2.75) is 25.7 Å². The van der Waals surface area contributed by atoms with Crippen LogP contribution in [0.15, 0.2) is 48.5 Å². The van der Waals surface area contributed by atoms with Gasteiger partial charge in [0.05, 0.1) is 11.4 Å². The first-order valence-corrected chi connectivity index (χ1v) is 8.08. The summed E-state index contributed by atoms with van der Waals surface area (Å²) < 4.78 is 13.6. The van der Waals surface area contributed by atoms with E-state index in [1.807, 2.05) is 18.2 Å². The van der Waals surface area contributed by atoms with E-state index in [0.717, 1.165) is 12.1 Å². The average Bonchev–Trinajstić information content (AvgIpc) is 3.00. The fourth-order valence-corrected chi connectivity index (χ4v) is 2.88. The summed E-state index contributed by atoms with van der Waals surface area (Å²) in [4.78, 5) is 25.8. The molecular weight excluding hydrogens is 307 g/mol. The lowest BCUT2D eigenvalue weighted by molar-refractivity contribution is -0.117. The Balaban J connectivity index is 1.66. The standard InChI is InChI=1S/C19H19FN2O2/c20-15-7-2-1-6-14(15)11-12-18(23)21-16-8-3-4-9-17(16)22-13-5-10-19(22)24/h1-4,6-9H,5,10-13H2,(H,21,23). The smallest absolute Gasteiger partial charge is 0.227 e. The third kappa shape index (κ3) is 3.62. The molecule has 1 fully saturated rings. The summed E-state index contributed by atoms with van der Waals surface area (Å²) in [7, 11) is 0. The number of nitrogens with zero attached hydrogens (tertiary/aromatic N) is 1. The first-order chi connectivity index (χ1) is 11.6. The molecule has 0 unspecified atom stereocenters. The van der Waals surface area contributed by atoms with Gasteiger partial charge in [0, 0.05) is 19.4 Å². The van der Waals surface area contributed by atoms with Crippen molar-refractivity contribution in [3.8, 4) is 0 Å². The molecule has 5 heteroatoms. The lowest BCUT2D eigenvalue weighted by Gasteiger charge is -2.20. The van der Waals surface area contributed by atoms with Crippen LogP contribution in [0.3, 0.4) is 0 Å². The highest BCUT2D eigenvalue weighted by atomic mass is 19.1. The number of benzene rings is 2. The molecule has 1 aliphatic heterocycles. The minimum absolute atomic E-state index is 0.0723. The van der Waals surface area contributed by atoms with Crippen molar-refractivity contribution < 1.29 is 14.0 Å². The van der Waals surface area contributed by atoms with Gasteiger partial charge in [0.15, 0.2) is 0 Å². The number of hydrogen-bond donors (Lipinski definition) is 1. The van der Waals surface area contributed by atoms with Gasteiger partial charge < -0.3 is 10.2 Å². The molecular formula is C19H19FN2O2. The molecule has 1 aliphatic rings. The monoisotopic (exact) mass is 326 g/mol. The number of aryl methyl sites for hydroxylation is 1. The topological polar surface area (TPSA) is 49.4 Å². The Labute approximate surface area is 140 Å². The Morgan fingerprint density at radius 1 is 1.12 bits per heavy atom. The van der Waals surface area contributed by atoms with E-state index in [-0.39, 0.29) is 24.1 Å². The van der Waals surface area contributed by atoms with Crippen LogP contribution >= 0.6 is 0 Å². The third-order valence-corrected chi connectivity index (χ3v) is 4.12. The fourth-order valence-electron chi connectivity index (χ4n) is 2.88. The fraction of sp³-hybridized carbons (Fsp3) is 0.263. The molecule has 1 heterocycles. The van der Waals surface area contributed by atoms with Crippen LogP contribution in [0.2, 0.25) is 0 Å². The van der Waals surface area contributed by atoms with Crippen LogP contribution in [0.25, 0.3) is 0 Å². The lowest BCUT2D eigenvalue weighted by Crippen LogP contribution is -2.25. The Kier molecular flexibility index (Phi) is 4.89. The average molecular weight is 326 g/mol. The number of carbonyl (C=O) groups is 2. The predicted molar refractivity (Wildman–Crippen MR) is 91.4 cm³/mol. The Morgan fingerprint density at radius 3 is 2.62 bits per heavy atom. The van der Waals surface area contributed by atoms with Crippen LogP contribution in [0.5, 0.6) is 0 Å². The Morgan fingerprint density at radius 2 is 1.88 bits per heavy atom. The highest BCUT2D eigenvalue weighted by molar-refractivity contribution is 6.02. The summed E-state index contributed by atoms with van der Waals surface area (Å²) in [6.45, 7) is 0.668. The molecule has 2 aromatic rings. The third-order valence-electron chi connectivity index (χ3n) is 4.12. The molecule has 0 spiro atoms. The molecule has 2 amide bonds. The highest BCUT2D eigenvalue weighted by Crippen LogP contribution is 2.29. The number of para-hydroxylation sites is 2. The number of hydrogen-bond acceptors (Lipinski definition) is 2. The van der Waals surface area contributed by atoms with Crippen LogP contribution in [-0.4, -0.2) is 18.4 Å². The van der Waals surface area contributed by atoms with Crippen LogP contribution in [0.4, 0.5) is 15.8 Å². The molecule has 0 aliphatic carbocycles. The second-order valence-corrected chi connectivity index (χ2v) is 5.81. The van der Waals surface area contributed by atoms with Gasteiger partial charge in [0.25, 0.3) is 0 Å². The second kappa shape index (κ2) is 7.25. The normalized spacial score (nSPS) is 14.0. The molecule has 24 heavy (non-hydrogen) atoms. The predicted octanol–water partition coefficient (Wildman–Crippen LogP) is 3.52. The van der Waals surface area contributed by atoms with Gasteiger partial charge >= 0.3 is 0 Å². The largest absolute Gasteiger partial charge is 0.324 e. The van der Waals surface area contributed by atoms with Gasteiger partial charge in [-0.05, 0) is 36.6 Å². The van der Waals surface area contributed by atoms with E-state index in [2.05, 4.69) is 5.32 Å². The molecule has 0 saturated carbocycles. The molecule has 1 saturated heterocycles. The van der Waals surface area contributed by atoms with E-state index < -0.39 is 0 Å². The van der Waals surface area contributed by atoms with Gasteiger partial charge in [-0.25, -0.2) is 4.39 Å². The van der Waals surface area contributed by atoms with Crippen molar-refractivity contribution in [2.24, 2.45) is 0 Å². The van der Waals surface area contributed by atoms with Gasteiger partial charge in [-0.15, -0.1) is 0 Å². The van der Waals surface area contributed by atoms with E-state index in [1.165, 1.54) is 6.07 Å². The maximum atomic E-state index is 13.6. The minimum Gasteiger partial charge on any atom is -0.324 e. The Hall–Kier alpha value is -2.69. The first-order valence-electron chi connectivity index (χ1n) is 8.08. The van der Waals surface area contributed by atoms with Gasteiger partial charge in [0.2, 0.25) is 11.8 Å². The van der Waals surface area contributed by atoms with E-state index in [9.17, 15) is 14.0 Å². The number of amides is 2. The van der Waals surface area contributed by atoms with Crippen molar-refractivity contribution in [1.29, 1.82) is 0 Å². The van der Waals surface area contributed by atoms with E-state index in [1.54, 1.807) is 29.2 Å². The van der Waals surface area contributed by atoms with Gasteiger partial charge in [-0.2, -0.15) is 0 Å². The van der Waals surface area contributed by atoms with Crippen molar-refractivity contribution in [1.82, 2.24) is 0 Å². The van der Waals surface area contributed by atoms with Crippen LogP contribution in [0, 0.1) is 5.82 Å². The maximum Gasteiger partial charge on any atom is 0.227 e. The summed E-state index contributed by atoms with van der Waals surface area (Å²) in [5, 5.41) is 2.84. The maximum absolute atomic E-state index is 13.6. The molecule has 4 nitrogen and oxygen atoms in total. The number of rotatable bonds is 5. The molecule has 124 valence electrons. The lowest BCUT2D eigenvalue weighted by atomic mass is 10.1. The molecule has 2 aromatic carbocycles. The Bertz CT molecular complexity index is 761. The van der Waals surface area contributed by atoms with Crippen LogP contribution in [0.1, 0.15) is 24.8 Å². The summed E-state index contributed by atoms with van der Waals surface area (Å²) >= 11 is 0. The van der Waals surface area contributed by atoms with E-state index in [0.29, 0.717) is 30.6 Å². The van der Waals surface area contributed by atoms with Crippen molar-refractivity contribution in [3.63, 3.8) is 0 Å². The second-order valence-electron chi connectivity index (χ2n) is 5.81. The molecule has 1 N–H and O–H groups in total. The van der Waals surface area contributed by atoms with Crippen LogP contribution in [-0.2, 0) is 16.0 Å². The zero-order chi connectivity index (χ0) is 16.9. The van der Waals surface area contributed by atoms with Crippen molar-refractivity contribution in [2.75, 3.05) is 16.8 Å². The molecule has 0 aromatic heterocycles. The number of anilines is 2. The van der Waals surface area contributed by atoms with Gasteiger partial charge in [-0.3, -0.25) is 9.59 Å². The van der Waals surface area contributed by atoms with Crippen molar-refractivity contribution in [3.05, 3.63) is 59.9 Å². The number of nitrogens with one attached hydrogen (secondary N) is 1. The zero-order valence-corrected chi connectivity index (χ0v) is 13.3. The SMILES string of the molecule is O=C(CCc1ccccc1F)Nc1ccccc1N1CCCC1=O. The summed E-state index contributed by atoms with van der Waals surface area (Å²) in [6.07, 6.45) is 1.89. The van der Waals surface area contributed by atoms with Gasteiger partial charge in [-0.1, -0.05) is 30.3 Å². The number of halogens is 1. The first kappa shape index (κ1) is 16.2. The van der Waals surface area contributed by atoms with E-state index in [4.69, 9.17) is 0 Å². The van der Waals surface area contributed by atoms with E-state index >= 15 is 0 Å². The molecule has 3 rings (SSSR count). The van der Waals surface area contributed by atoms with Crippen molar-refractivity contribution >= 4 is 23.2 Å². The zero-order valence-electron chi connectivity index (χ0n) is 13.3. The molecule has 0 atom stereocenters. The van der Waals surface area contributed by atoms with Crippen LogP contribution < -0.4 is 10.2 Å². The number of carbonyl (C=O) groups excluding carboxylic acids is 2. The van der Waals surface area contributed by atoms with Gasteiger partial charge in [0.1, 0.15) is 5.82 Å². The molecule has 0 bridgehead atoms. The quantitative estimate of drug-likeness (QED) is 0.914.